The topological polar surface area (TPSA) is 62.5 Å². The molecular formula is C14H13ClN4O. The average Bonchev–Trinajstić information content (AvgIpc) is 2.79. The number of aromatic hydroxyl groups is 1. The Bertz CT molecular complexity index is 769. The molecule has 0 fully saturated rings. The molecule has 0 saturated heterocycles. The lowest BCUT2D eigenvalue weighted by molar-refractivity contribution is 0.475. The quantitative estimate of drug-likeness (QED) is 0.727. The lowest BCUT2D eigenvalue weighted by Gasteiger charge is -2.07. The summed E-state index contributed by atoms with van der Waals surface area (Å²) in [5.41, 5.74) is 3.61. The Labute approximate surface area is 120 Å². The number of hydrogen-bond donors (Lipinski definition) is 2. The van der Waals surface area contributed by atoms with Crippen LogP contribution < -0.4 is 5.32 Å². The van der Waals surface area contributed by atoms with Crippen molar-refractivity contribution in [1.29, 1.82) is 0 Å². The molecule has 0 unspecified atom stereocenters. The van der Waals surface area contributed by atoms with Crippen molar-refractivity contribution in [3.05, 3.63) is 52.9 Å². The van der Waals surface area contributed by atoms with Gasteiger partial charge in [0.1, 0.15) is 5.75 Å². The number of nitrogens with one attached hydrogen (secondary N) is 1. The smallest absolute Gasteiger partial charge is 0.155 e. The Morgan fingerprint density at radius 1 is 1.35 bits per heavy atom. The van der Waals surface area contributed by atoms with Gasteiger partial charge >= 0.3 is 0 Å². The molecule has 1 aromatic carbocycles. The van der Waals surface area contributed by atoms with Gasteiger partial charge in [-0.2, -0.15) is 5.10 Å². The predicted octanol–water partition coefficient (Wildman–Crippen LogP) is 3.01. The summed E-state index contributed by atoms with van der Waals surface area (Å²) in [6, 6.07) is 6.94. The summed E-state index contributed by atoms with van der Waals surface area (Å²) in [6.45, 7) is 2.54. The van der Waals surface area contributed by atoms with Crippen LogP contribution in [0.5, 0.6) is 5.75 Å². The molecule has 102 valence electrons. The summed E-state index contributed by atoms with van der Waals surface area (Å²) >= 11 is 5.86. The highest BCUT2D eigenvalue weighted by Gasteiger charge is 2.02. The van der Waals surface area contributed by atoms with Gasteiger partial charge in [0.05, 0.1) is 10.7 Å². The average molecular weight is 289 g/mol. The van der Waals surface area contributed by atoms with Crippen LogP contribution in [0.4, 0.5) is 5.69 Å². The van der Waals surface area contributed by atoms with Crippen LogP contribution in [0.25, 0.3) is 5.65 Å². The maximum atomic E-state index is 9.37. The van der Waals surface area contributed by atoms with Crippen LogP contribution in [0, 0.1) is 6.92 Å². The Kier molecular flexibility index (Phi) is 3.20. The third-order valence-corrected chi connectivity index (χ3v) is 3.24. The predicted molar refractivity (Wildman–Crippen MR) is 78.2 cm³/mol. The maximum absolute atomic E-state index is 9.37. The minimum atomic E-state index is 0.0762. The molecule has 0 aliphatic carbocycles. The monoisotopic (exact) mass is 288 g/mol. The third kappa shape index (κ3) is 2.53. The lowest BCUT2D eigenvalue weighted by Crippen LogP contribution is -2.02. The first-order valence-electron chi connectivity index (χ1n) is 6.15. The van der Waals surface area contributed by atoms with E-state index < -0.39 is 0 Å². The summed E-state index contributed by atoms with van der Waals surface area (Å²) < 4.78 is 1.76. The number of aryl methyl sites for hydroxylation is 1. The van der Waals surface area contributed by atoms with Gasteiger partial charge in [0.2, 0.25) is 0 Å². The number of halogens is 1. The van der Waals surface area contributed by atoms with Gasteiger partial charge in [-0.3, -0.25) is 0 Å². The molecular weight excluding hydrogens is 276 g/mol. The van der Waals surface area contributed by atoms with E-state index in [0.717, 1.165) is 22.6 Å². The molecule has 0 aliphatic heterocycles. The first-order chi connectivity index (χ1) is 9.61. The number of aromatic nitrogens is 3. The van der Waals surface area contributed by atoms with Gasteiger partial charge < -0.3 is 10.4 Å². The van der Waals surface area contributed by atoms with Crippen molar-refractivity contribution < 1.29 is 5.11 Å². The second kappa shape index (κ2) is 5.02. The number of hydrogen-bond acceptors (Lipinski definition) is 4. The Morgan fingerprint density at radius 3 is 3.00 bits per heavy atom. The molecule has 3 aromatic rings. The number of rotatable bonds is 3. The van der Waals surface area contributed by atoms with Gasteiger partial charge in [0.15, 0.2) is 5.65 Å². The molecule has 2 N–H and O–H groups in total. The van der Waals surface area contributed by atoms with E-state index in [1.165, 1.54) is 0 Å². The molecule has 6 heteroatoms. The van der Waals surface area contributed by atoms with Crippen LogP contribution in [0.15, 0.2) is 36.7 Å². The zero-order chi connectivity index (χ0) is 14.1. The van der Waals surface area contributed by atoms with Gasteiger partial charge in [0.25, 0.3) is 0 Å². The first-order valence-corrected chi connectivity index (χ1v) is 6.53. The first kappa shape index (κ1) is 12.7. The van der Waals surface area contributed by atoms with E-state index >= 15 is 0 Å². The van der Waals surface area contributed by atoms with Gasteiger partial charge in [-0.15, -0.1) is 0 Å². The Hall–Kier alpha value is -2.27. The van der Waals surface area contributed by atoms with E-state index in [0.29, 0.717) is 11.6 Å². The highest BCUT2D eigenvalue weighted by atomic mass is 35.5. The highest BCUT2D eigenvalue weighted by molar-refractivity contribution is 6.32. The zero-order valence-electron chi connectivity index (χ0n) is 10.8. The Balaban J connectivity index is 1.77. The van der Waals surface area contributed by atoms with Crippen molar-refractivity contribution in [3.63, 3.8) is 0 Å². The summed E-state index contributed by atoms with van der Waals surface area (Å²) in [7, 11) is 0. The fourth-order valence-corrected chi connectivity index (χ4v) is 2.13. The number of fused-ring (bicyclic) bond motifs is 1. The molecule has 0 spiro atoms. The van der Waals surface area contributed by atoms with E-state index in [1.54, 1.807) is 22.7 Å². The largest absolute Gasteiger partial charge is 0.506 e. The van der Waals surface area contributed by atoms with Crippen LogP contribution >= 0.6 is 11.6 Å². The van der Waals surface area contributed by atoms with E-state index in [9.17, 15) is 5.11 Å². The number of phenolic OH excluding ortho intramolecular Hbond substituents is 1. The molecule has 20 heavy (non-hydrogen) atoms. The summed E-state index contributed by atoms with van der Waals surface area (Å²) in [4.78, 5) is 4.34. The van der Waals surface area contributed by atoms with Crippen LogP contribution in [-0.2, 0) is 6.54 Å². The van der Waals surface area contributed by atoms with Crippen molar-refractivity contribution in [2.45, 2.75) is 13.5 Å². The molecule has 2 aromatic heterocycles. The standard InChI is InChI=1S/C14H13ClN4O/c1-9-4-14-17-7-10(8-19(14)18-9)6-16-11-2-3-13(20)12(15)5-11/h2-5,7-8,16,20H,6H2,1H3. The SMILES string of the molecule is Cc1cc2ncc(CNc3ccc(O)c(Cl)c3)cn2n1. The zero-order valence-corrected chi connectivity index (χ0v) is 11.6. The molecule has 5 nitrogen and oxygen atoms in total. The maximum Gasteiger partial charge on any atom is 0.155 e. The molecule has 0 aliphatic rings. The second-order valence-electron chi connectivity index (χ2n) is 4.57. The number of phenols is 1. The van der Waals surface area contributed by atoms with Gasteiger partial charge in [-0.25, -0.2) is 9.50 Å². The van der Waals surface area contributed by atoms with E-state index in [4.69, 9.17) is 11.6 Å². The molecule has 0 amide bonds. The normalized spacial score (nSPS) is 10.9. The summed E-state index contributed by atoms with van der Waals surface area (Å²) in [6.07, 6.45) is 3.75. The summed E-state index contributed by atoms with van der Waals surface area (Å²) in [5.74, 6) is 0.0762. The van der Waals surface area contributed by atoms with E-state index in [-0.39, 0.29) is 5.75 Å². The van der Waals surface area contributed by atoms with Crippen LogP contribution in [-0.4, -0.2) is 19.7 Å². The van der Waals surface area contributed by atoms with E-state index in [1.807, 2.05) is 25.4 Å². The van der Waals surface area contributed by atoms with Crippen molar-refractivity contribution in [2.24, 2.45) is 0 Å². The van der Waals surface area contributed by atoms with E-state index in [2.05, 4.69) is 15.4 Å². The van der Waals surface area contributed by atoms with Crippen molar-refractivity contribution in [1.82, 2.24) is 14.6 Å². The van der Waals surface area contributed by atoms with Crippen LogP contribution in [0.2, 0.25) is 5.02 Å². The number of benzene rings is 1. The number of nitrogens with zero attached hydrogens (tertiary/aromatic N) is 3. The highest BCUT2D eigenvalue weighted by Crippen LogP contribution is 2.26. The number of anilines is 1. The summed E-state index contributed by atoms with van der Waals surface area (Å²) in [5, 5.41) is 17.2. The fourth-order valence-electron chi connectivity index (χ4n) is 1.95. The molecule has 0 saturated carbocycles. The fraction of sp³-hybridized carbons (Fsp3) is 0.143. The van der Waals surface area contributed by atoms with Crippen molar-refractivity contribution in [2.75, 3.05) is 5.32 Å². The molecule has 2 heterocycles. The third-order valence-electron chi connectivity index (χ3n) is 2.93. The van der Waals surface area contributed by atoms with Gasteiger partial charge in [0, 0.05) is 36.3 Å². The molecule has 0 bridgehead atoms. The van der Waals surface area contributed by atoms with Crippen molar-refractivity contribution in [3.8, 4) is 5.75 Å². The van der Waals surface area contributed by atoms with Gasteiger partial charge in [-0.05, 0) is 25.1 Å². The van der Waals surface area contributed by atoms with Gasteiger partial charge in [-0.1, -0.05) is 11.6 Å². The lowest BCUT2D eigenvalue weighted by atomic mass is 10.2. The molecule has 0 atom stereocenters. The van der Waals surface area contributed by atoms with Crippen LogP contribution in [0.3, 0.4) is 0 Å². The minimum Gasteiger partial charge on any atom is -0.506 e. The molecule has 0 radical (unpaired) electrons. The molecule has 3 rings (SSSR count). The van der Waals surface area contributed by atoms with Crippen molar-refractivity contribution >= 4 is 22.9 Å². The minimum absolute atomic E-state index is 0.0762. The second-order valence-corrected chi connectivity index (χ2v) is 4.98. The van der Waals surface area contributed by atoms with Crippen LogP contribution in [0.1, 0.15) is 11.3 Å². The Morgan fingerprint density at radius 2 is 2.20 bits per heavy atom.